The molecule has 0 unspecified atom stereocenters. The Balaban J connectivity index is 0.000000605. The van der Waals surface area contributed by atoms with E-state index in [4.69, 9.17) is 4.74 Å². The van der Waals surface area contributed by atoms with Crippen LogP contribution in [0.25, 0.3) is 0 Å². The van der Waals surface area contributed by atoms with Gasteiger partial charge in [-0.2, -0.15) is 0 Å². The third kappa shape index (κ3) is 1.23. The van der Waals surface area contributed by atoms with E-state index in [2.05, 4.69) is 0 Å². The molecule has 3 nitrogen and oxygen atoms in total. The van der Waals surface area contributed by atoms with Crippen molar-refractivity contribution in [3.63, 3.8) is 0 Å². The summed E-state index contributed by atoms with van der Waals surface area (Å²) in [4.78, 5) is 10.7. The van der Waals surface area contributed by atoms with E-state index in [9.17, 15) is 4.79 Å². The zero-order valence-corrected chi connectivity index (χ0v) is 6.04. The van der Waals surface area contributed by atoms with E-state index in [1.54, 1.807) is 6.07 Å². The minimum absolute atomic E-state index is 0. The van der Waals surface area contributed by atoms with Crippen LogP contribution in [-0.4, -0.2) is 5.97 Å². The van der Waals surface area contributed by atoms with Gasteiger partial charge in [-0.1, -0.05) is 18.2 Å². The number of rotatable bonds is 0. The molecule has 0 saturated carbocycles. The Hall–Kier alpha value is -1.35. The summed E-state index contributed by atoms with van der Waals surface area (Å²) in [5.74, 6) is 0.564. The third-order valence-corrected chi connectivity index (χ3v) is 1.53. The first-order valence-electron chi connectivity index (χ1n) is 3.15. The summed E-state index contributed by atoms with van der Waals surface area (Å²) < 4.78 is 4.87. The van der Waals surface area contributed by atoms with Gasteiger partial charge in [-0.15, -0.1) is 0 Å². The van der Waals surface area contributed by atoms with Gasteiger partial charge in [0.25, 0.3) is 0 Å². The molecule has 3 heteroatoms. The molecule has 0 radical (unpaired) electrons. The van der Waals surface area contributed by atoms with Crippen molar-refractivity contribution in [2.75, 3.05) is 0 Å². The number of fused-ring (bicyclic) bond motifs is 1. The quantitative estimate of drug-likeness (QED) is 0.449. The molecule has 0 spiro atoms. The molecule has 0 fully saturated rings. The van der Waals surface area contributed by atoms with Gasteiger partial charge in [0.15, 0.2) is 0 Å². The van der Waals surface area contributed by atoms with E-state index in [-0.39, 0.29) is 12.1 Å². The third-order valence-electron chi connectivity index (χ3n) is 1.53. The molecule has 0 bridgehead atoms. The normalized spacial score (nSPS) is 13.3. The average molecular weight is 151 g/mol. The maximum absolute atomic E-state index is 10.7. The van der Waals surface area contributed by atoms with E-state index < -0.39 is 0 Å². The van der Waals surface area contributed by atoms with Crippen LogP contribution in [0.5, 0.6) is 5.75 Å². The van der Waals surface area contributed by atoms with Crippen LogP contribution in [0.4, 0.5) is 0 Å². The van der Waals surface area contributed by atoms with Gasteiger partial charge >= 0.3 is 5.97 Å². The molecular formula is C8H9NO2. The van der Waals surface area contributed by atoms with Crippen LogP contribution < -0.4 is 10.9 Å². The first-order valence-corrected chi connectivity index (χ1v) is 3.15. The minimum Gasteiger partial charge on any atom is -0.426 e. The van der Waals surface area contributed by atoms with Crippen LogP contribution in [0.1, 0.15) is 5.56 Å². The van der Waals surface area contributed by atoms with Gasteiger partial charge < -0.3 is 10.9 Å². The number of hydrogen-bond acceptors (Lipinski definition) is 3. The second-order valence-electron chi connectivity index (χ2n) is 2.26. The molecular weight excluding hydrogens is 142 g/mol. The fourth-order valence-corrected chi connectivity index (χ4v) is 1.06. The monoisotopic (exact) mass is 151 g/mol. The van der Waals surface area contributed by atoms with Crippen molar-refractivity contribution in [3.05, 3.63) is 29.8 Å². The molecule has 1 heterocycles. The van der Waals surface area contributed by atoms with Crippen molar-refractivity contribution in [3.8, 4) is 5.75 Å². The van der Waals surface area contributed by atoms with Crippen LogP contribution in [0.15, 0.2) is 24.3 Å². The smallest absolute Gasteiger partial charge is 0.315 e. The average Bonchev–Trinajstić information content (AvgIpc) is 2.27. The summed E-state index contributed by atoms with van der Waals surface area (Å²) in [6, 6.07) is 7.47. The van der Waals surface area contributed by atoms with Gasteiger partial charge in [0, 0.05) is 5.56 Å². The Morgan fingerprint density at radius 3 is 2.73 bits per heavy atom. The van der Waals surface area contributed by atoms with Crippen LogP contribution in [0.3, 0.4) is 0 Å². The van der Waals surface area contributed by atoms with E-state index in [0.717, 1.165) is 5.56 Å². The van der Waals surface area contributed by atoms with Gasteiger partial charge in [-0.05, 0) is 6.07 Å². The Morgan fingerprint density at radius 1 is 1.27 bits per heavy atom. The zero-order valence-electron chi connectivity index (χ0n) is 6.04. The lowest BCUT2D eigenvalue weighted by atomic mass is 10.2. The molecule has 0 aromatic heterocycles. The Kier molecular flexibility index (Phi) is 1.92. The summed E-state index contributed by atoms with van der Waals surface area (Å²) in [5, 5.41) is 0. The molecule has 11 heavy (non-hydrogen) atoms. The fourth-order valence-electron chi connectivity index (χ4n) is 1.06. The lowest BCUT2D eigenvalue weighted by molar-refractivity contribution is -0.131. The highest BCUT2D eigenvalue weighted by Crippen LogP contribution is 2.24. The first-order chi connectivity index (χ1) is 4.86. The van der Waals surface area contributed by atoms with Crippen LogP contribution >= 0.6 is 0 Å². The first kappa shape index (κ1) is 7.75. The Morgan fingerprint density at radius 2 is 2.00 bits per heavy atom. The lowest BCUT2D eigenvalue weighted by Gasteiger charge is -1.91. The number of esters is 1. The highest BCUT2D eigenvalue weighted by atomic mass is 16.5. The highest BCUT2D eigenvalue weighted by molar-refractivity contribution is 5.80. The molecule has 0 saturated heterocycles. The van der Waals surface area contributed by atoms with Crippen molar-refractivity contribution in [1.82, 2.24) is 6.15 Å². The topological polar surface area (TPSA) is 61.3 Å². The number of hydrogen-bond donors (Lipinski definition) is 1. The predicted octanol–water partition coefficient (Wildman–Crippen LogP) is 1.31. The molecule has 58 valence electrons. The van der Waals surface area contributed by atoms with Crippen LogP contribution in [-0.2, 0) is 11.2 Å². The van der Waals surface area contributed by atoms with Crippen molar-refractivity contribution >= 4 is 5.97 Å². The molecule has 3 N–H and O–H groups in total. The van der Waals surface area contributed by atoms with Crippen molar-refractivity contribution < 1.29 is 9.53 Å². The molecule has 0 atom stereocenters. The highest BCUT2D eigenvalue weighted by Gasteiger charge is 2.18. The molecule has 0 aliphatic carbocycles. The van der Waals surface area contributed by atoms with Gasteiger partial charge in [0.05, 0.1) is 6.42 Å². The lowest BCUT2D eigenvalue weighted by Crippen LogP contribution is -1.99. The Bertz CT molecular complexity index is 256. The van der Waals surface area contributed by atoms with Gasteiger partial charge in [-0.3, -0.25) is 4.79 Å². The second-order valence-corrected chi connectivity index (χ2v) is 2.26. The molecule has 1 aliphatic heterocycles. The SMILES string of the molecule is N.O=C1Cc2ccccc2O1. The molecule has 1 aromatic rings. The largest absolute Gasteiger partial charge is 0.426 e. The van der Waals surface area contributed by atoms with E-state index >= 15 is 0 Å². The molecule has 1 aromatic carbocycles. The summed E-state index contributed by atoms with van der Waals surface area (Å²) in [5.41, 5.74) is 0.993. The van der Waals surface area contributed by atoms with Gasteiger partial charge in [0.1, 0.15) is 5.75 Å². The molecule has 2 rings (SSSR count). The van der Waals surface area contributed by atoms with E-state index in [0.29, 0.717) is 12.2 Å². The van der Waals surface area contributed by atoms with E-state index in [1.165, 1.54) is 0 Å². The standard InChI is InChI=1S/C8H6O2.H3N/c9-8-5-6-3-1-2-4-7(6)10-8;/h1-4H,5H2;1H3. The van der Waals surface area contributed by atoms with E-state index in [1.807, 2.05) is 18.2 Å². The summed E-state index contributed by atoms with van der Waals surface area (Å²) in [6.45, 7) is 0. The maximum atomic E-state index is 10.7. The fraction of sp³-hybridized carbons (Fsp3) is 0.125. The number of ether oxygens (including phenoxy) is 1. The Labute approximate surface area is 64.6 Å². The number of para-hydroxylation sites is 1. The molecule has 1 aliphatic rings. The van der Waals surface area contributed by atoms with Crippen LogP contribution in [0, 0.1) is 0 Å². The second kappa shape index (κ2) is 2.72. The zero-order chi connectivity index (χ0) is 6.97. The summed E-state index contributed by atoms with van der Waals surface area (Å²) in [6.07, 6.45) is 0.427. The predicted molar refractivity (Wildman–Crippen MR) is 40.8 cm³/mol. The van der Waals surface area contributed by atoms with Crippen molar-refractivity contribution in [2.24, 2.45) is 0 Å². The van der Waals surface area contributed by atoms with Crippen molar-refractivity contribution in [1.29, 1.82) is 0 Å². The number of carbonyl (C=O) groups is 1. The molecule has 0 amide bonds. The van der Waals surface area contributed by atoms with Crippen molar-refractivity contribution in [2.45, 2.75) is 6.42 Å². The van der Waals surface area contributed by atoms with Gasteiger partial charge in [-0.25, -0.2) is 0 Å². The summed E-state index contributed by atoms with van der Waals surface area (Å²) >= 11 is 0. The van der Waals surface area contributed by atoms with Crippen LogP contribution in [0.2, 0.25) is 0 Å². The summed E-state index contributed by atoms with van der Waals surface area (Å²) in [7, 11) is 0. The van der Waals surface area contributed by atoms with Gasteiger partial charge in [0.2, 0.25) is 0 Å². The number of benzene rings is 1. The minimum atomic E-state index is -0.152. The maximum Gasteiger partial charge on any atom is 0.315 e. The number of carbonyl (C=O) groups excluding carboxylic acids is 1.